The zero-order valence-corrected chi connectivity index (χ0v) is 10.9. The van der Waals surface area contributed by atoms with Crippen LogP contribution in [0.15, 0.2) is 12.4 Å². The molecule has 0 unspecified atom stereocenters. The SMILES string of the molecule is CCNc1nc(C)c([N+](=O)[O-])c(-n2cc(C)cn2)n1. The Labute approximate surface area is 109 Å². The Balaban J connectivity index is 2.64. The van der Waals surface area contributed by atoms with Crippen molar-refractivity contribution in [2.24, 2.45) is 0 Å². The zero-order valence-electron chi connectivity index (χ0n) is 10.9. The summed E-state index contributed by atoms with van der Waals surface area (Å²) < 4.78 is 1.39. The average molecular weight is 262 g/mol. The number of hydrogen-bond acceptors (Lipinski definition) is 6. The fraction of sp³-hybridized carbons (Fsp3) is 0.364. The van der Waals surface area contributed by atoms with Crippen molar-refractivity contribution in [2.45, 2.75) is 20.8 Å². The third kappa shape index (κ3) is 2.51. The number of rotatable bonds is 4. The van der Waals surface area contributed by atoms with Crippen molar-refractivity contribution in [1.29, 1.82) is 0 Å². The van der Waals surface area contributed by atoms with Crippen LogP contribution in [0.2, 0.25) is 0 Å². The molecule has 0 aromatic carbocycles. The second-order valence-corrected chi connectivity index (χ2v) is 4.05. The Kier molecular flexibility index (Phi) is 3.41. The Bertz CT molecular complexity index is 622. The van der Waals surface area contributed by atoms with Gasteiger partial charge in [0, 0.05) is 12.7 Å². The standard InChI is InChI=1S/C11H14N6O2/c1-4-12-11-14-8(3)9(17(18)19)10(15-11)16-6-7(2)5-13-16/h5-6H,4H2,1-3H3,(H,12,14,15). The maximum atomic E-state index is 11.2. The lowest BCUT2D eigenvalue weighted by molar-refractivity contribution is -0.385. The molecule has 0 bridgehead atoms. The lowest BCUT2D eigenvalue weighted by Crippen LogP contribution is -2.11. The van der Waals surface area contributed by atoms with Gasteiger partial charge < -0.3 is 5.32 Å². The number of hydrogen-bond donors (Lipinski definition) is 1. The first kappa shape index (κ1) is 12.9. The monoisotopic (exact) mass is 262 g/mol. The highest BCUT2D eigenvalue weighted by Gasteiger charge is 2.23. The first-order valence-corrected chi connectivity index (χ1v) is 5.81. The van der Waals surface area contributed by atoms with Gasteiger partial charge in [0.25, 0.3) is 0 Å². The number of nitrogens with one attached hydrogen (secondary N) is 1. The lowest BCUT2D eigenvalue weighted by atomic mass is 10.3. The molecule has 2 heterocycles. The van der Waals surface area contributed by atoms with E-state index in [-0.39, 0.29) is 11.5 Å². The molecular formula is C11H14N6O2. The lowest BCUT2D eigenvalue weighted by Gasteiger charge is -2.07. The Morgan fingerprint density at radius 1 is 1.42 bits per heavy atom. The number of aryl methyl sites for hydroxylation is 2. The van der Waals surface area contributed by atoms with Gasteiger partial charge in [0.1, 0.15) is 5.69 Å². The molecule has 0 fully saturated rings. The highest BCUT2D eigenvalue weighted by Crippen LogP contribution is 2.24. The van der Waals surface area contributed by atoms with Crippen LogP contribution in [0.4, 0.5) is 11.6 Å². The van der Waals surface area contributed by atoms with E-state index in [9.17, 15) is 10.1 Å². The molecule has 0 saturated heterocycles. The van der Waals surface area contributed by atoms with E-state index in [1.807, 2.05) is 13.8 Å². The molecule has 19 heavy (non-hydrogen) atoms. The van der Waals surface area contributed by atoms with Crippen LogP contribution in [-0.4, -0.2) is 31.2 Å². The first-order chi connectivity index (χ1) is 9.02. The normalized spacial score (nSPS) is 10.5. The summed E-state index contributed by atoms with van der Waals surface area (Å²) in [6, 6.07) is 0. The predicted octanol–water partition coefficient (Wildman–Crippen LogP) is 1.62. The van der Waals surface area contributed by atoms with Crippen molar-refractivity contribution in [2.75, 3.05) is 11.9 Å². The second-order valence-electron chi connectivity index (χ2n) is 4.05. The predicted molar refractivity (Wildman–Crippen MR) is 69.4 cm³/mol. The van der Waals surface area contributed by atoms with Gasteiger partial charge in [-0.15, -0.1) is 0 Å². The van der Waals surface area contributed by atoms with Gasteiger partial charge in [0.2, 0.25) is 11.8 Å². The van der Waals surface area contributed by atoms with Crippen molar-refractivity contribution in [3.05, 3.63) is 33.8 Å². The third-order valence-corrected chi connectivity index (χ3v) is 2.49. The first-order valence-electron chi connectivity index (χ1n) is 5.81. The molecule has 0 aliphatic carbocycles. The van der Waals surface area contributed by atoms with Gasteiger partial charge in [-0.3, -0.25) is 10.1 Å². The van der Waals surface area contributed by atoms with Gasteiger partial charge in [-0.05, 0) is 26.3 Å². The van der Waals surface area contributed by atoms with Crippen LogP contribution in [0.5, 0.6) is 0 Å². The Morgan fingerprint density at radius 2 is 2.16 bits per heavy atom. The summed E-state index contributed by atoms with van der Waals surface area (Å²) in [4.78, 5) is 18.9. The van der Waals surface area contributed by atoms with Crippen LogP contribution in [0.25, 0.3) is 5.82 Å². The van der Waals surface area contributed by atoms with E-state index < -0.39 is 4.92 Å². The number of nitrogens with zero attached hydrogens (tertiary/aromatic N) is 5. The molecule has 0 atom stereocenters. The van der Waals surface area contributed by atoms with Gasteiger partial charge in [0.15, 0.2) is 0 Å². The minimum Gasteiger partial charge on any atom is -0.354 e. The fourth-order valence-electron chi connectivity index (χ4n) is 1.69. The van der Waals surface area contributed by atoms with E-state index in [0.717, 1.165) is 5.56 Å². The minimum atomic E-state index is -0.489. The number of anilines is 1. The van der Waals surface area contributed by atoms with Crippen molar-refractivity contribution in [1.82, 2.24) is 19.7 Å². The zero-order chi connectivity index (χ0) is 14.0. The molecule has 0 aliphatic rings. The number of aromatic nitrogens is 4. The molecule has 100 valence electrons. The molecule has 0 aliphatic heterocycles. The third-order valence-electron chi connectivity index (χ3n) is 2.49. The highest BCUT2D eigenvalue weighted by atomic mass is 16.6. The summed E-state index contributed by atoms with van der Waals surface area (Å²) in [5, 5.41) is 18.2. The summed E-state index contributed by atoms with van der Waals surface area (Å²) >= 11 is 0. The average Bonchev–Trinajstić information content (AvgIpc) is 2.75. The van der Waals surface area contributed by atoms with Crippen molar-refractivity contribution >= 4 is 11.6 Å². The van der Waals surface area contributed by atoms with Gasteiger partial charge in [-0.1, -0.05) is 0 Å². The quantitative estimate of drug-likeness (QED) is 0.664. The molecule has 2 aromatic rings. The van der Waals surface area contributed by atoms with Crippen LogP contribution in [0.1, 0.15) is 18.2 Å². The smallest absolute Gasteiger partial charge is 0.334 e. The summed E-state index contributed by atoms with van der Waals surface area (Å²) in [6.45, 7) is 5.97. The molecule has 8 heteroatoms. The Morgan fingerprint density at radius 3 is 2.68 bits per heavy atom. The van der Waals surface area contributed by atoms with Crippen LogP contribution >= 0.6 is 0 Å². The maximum absolute atomic E-state index is 11.2. The largest absolute Gasteiger partial charge is 0.354 e. The minimum absolute atomic E-state index is 0.134. The molecule has 2 aromatic heterocycles. The van der Waals surface area contributed by atoms with Crippen molar-refractivity contribution < 1.29 is 4.92 Å². The van der Waals surface area contributed by atoms with E-state index >= 15 is 0 Å². The molecule has 1 N–H and O–H groups in total. The van der Waals surface area contributed by atoms with E-state index in [0.29, 0.717) is 18.2 Å². The molecule has 8 nitrogen and oxygen atoms in total. The molecule has 0 spiro atoms. The second kappa shape index (κ2) is 5.01. The van der Waals surface area contributed by atoms with Crippen LogP contribution in [0.3, 0.4) is 0 Å². The summed E-state index contributed by atoms with van der Waals surface area (Å²) in [5.41, 5.74) is 1.07. The van der Waals surface area contributed by atoms with Crippen molar-refractivity contribution in [3.63, 3.8) is 0 Å². The van der Waals surface area contributed by atoms with E-state index in [1.165, 1.54) is 4.68 Å². The summed E-state index contributed by atoms with van der Waals surface area (Å²) in [7, 11) is 0. The highest BCUT2D eigenvalue weighted by molar-refractivity contribution is 5.53. The molecule has 2 rings (SSSR count). The molecular weight excluding hydrogens is 248 g/mol. The summed E-state index contributed by atoms with van der Waals surface area (Å²) in [6.07, 6.45) is 3.30. The van der Waals surface area contributed by atoms with E-state index in [2.05, 4.69) is 20.4 Å². The topological polar surface area (TPSA) is 98.8 Å². The summed E-state index contributed by atoms with van der Waals surface area (Å²) in [5.74, 6) is 0.523. The number of nitro groups is 1. The van der Waals surface area contributed by atoms with Gasteiger partial charge >= 0.3 is 5.69 Å². The molecule has 0 amide bonds. The van der Waals surface area contributed by atoms with Crippen LogP contribution < -0.4 is 5.32 Å². The van der Waals surface area contributed by atoms with Crippen molar-refractivity contribution in [3.8, 4) is 5.82 Å². The van der Waals surface area contributed by atoms with Gasteiger partial charge in [-0.2, -0.15) is 10.1 Å². The maximum Gasteiger partial charge on any atom is 0.334 e. The van der Waals surface area contributed by atoms with E-state index in [4.69, 9.17) is 0 Å². The Hall–Kier alpha value is -2.51. The van der Waals surface area contributed by atoms with Crippen LogP contribution in [-0.2, 0) is 0 Å². The van der Waals surface area contributed by atoms with E-state index in [1.54, 1.807) is 19.3 Å². The van der Waals surface area contributed by atoms with Gasteiger partial charge in [0.05, 0.1) is 11.1 Å². The fourth-order valence-corrected chi connectivity index (χ4v) is 1.69. The van der Waals surface area contributed by atoms with Crippen LogP contribution in [0, 0.1) is 24.0 Å². The molecule has 0 saturated carbocycles. The molecule has 0 radical (unpaired) electrons. The van der Waals surface area contributed by atoms with Gasteiger partial charge in [-0.25, -0.2) is 9.67 Å².